The van der Waals surface area contributed by atoms with Gasteiger partial charge in [0.15, 0.2) is 5.82 Å². The first-order valence-electron chi connectivity index (χ1n) is 8.74. The van der Waals surface area contributed by atoms with E-state index in [0.717, 1.165) is 12.1 Å². The van der Waals surface area contributed by atoms with Gasteiger partial charge in [-0.2, -0.15) is 18.3 Å². The third-order valence-electron chi connectivity index (χ3n) is 4.47. The molecule has 30 heavy (non-hydrogen) atoms. The van der Waals surface area contributed by atoms with Crippen molar-refractivity contribution in [2.24, 2.45) is 5.92 Å². The van der Waals surface area contributed by atoms with Gasteiger partial charge in [0.05, 0.1) is 28.0 Å². The molecule has 1 amide bonds. The number of benzene rings is 2. The highest BCUT2D eigenvalue weighted by Crippen LogP contribution is 2.32. The number of rotatable bonds is 6. The van der Waals surface area contributed by atoms with E-state index in [9.17, 15) is 22.8 Å². The first-order chi connectivity index (χ1) is 14.1. The summed E-state index contributed by atoms with van der Waals surface area (Å²) in [5, 5.41) is 15.1. The van der Waals surface area contributed by atoms with Crippen molar-refractivity contribution in [2.75, 3.05) is 5.32 Å². The first-order valence-corrected chi connectivity index (χ1v) is 9.12. The SMILES string of the molecule is CC(=N)C(C=O)C(=O)Nc1nn(Cc2ccc(C(F)(F)F)cc2)c2cccc(Cl)c12. The molecule has 0 aliphatic carbocycles. The molecule has 6 nitrogen and oxygen atoms in total. The fourth-order valence-corrected chi connectivity index (χ4v) is 3.18. The lowest BCUT2D eigenvalue weighted by Gasteiger charge is -2.09. The summed E-state index contributed by atoms with van der Waals surface area (Å²) >= 11 is 6.27. The van der Waals surface area contributed by atoms with Crippen LogP contribution in [0.25, 0.3) is 10.9 Å². The number of alkyl halides is 3. The lowest BCUT2D eigenvalue weighted by molar-refractivity contribution is -0.137. The average molecular weight is 437 g/mol. The summed E-state index contributed by atoms with van der Waals surface area (Å²) in [6.45, 7) is 1.47. The molecule has 0 saturated carbocycles. The number of hydrogen-bond donors (Lipinski definition) is 2. The number of hydrogen-bond acceptors (Lipinski definition) is 4. The molecule has 1 heterocycles. The Labute approximate surface area is 174 Å². The Balaban J connectivity index is 1.97. The van der Waals surface area contributed by atoms with Gasteiger partial charge in [-0.1, -0.05) is 29.8 Å². The van der Waals surface area contributed by atoms with Crippen LogP contribution in [0.15, 0.2) is 42.5 Å². The molecule has 156 valence electrons. The van der Waals surface area contributed by atoms with Crippen LogP contribution in [0.2, 0.25) is 5.02 Å². The molecule has 10 heteroatoms. The fourth-order valence-electron chi connectivity index (χ4n) is 2.92. The van der Waals surface area contributed by atoms with Gasteiger partial charge in [0.2, 0.25) is 5.91 Å². The molecule has 0 bridgehead atoms. The van der Waals surface area contributed by atoms with E-state index >= 15 is 0 Å². The standard InChI is InChI=1S/C20H16ClF3N4O2/c1-11(25)14(10-29)19(30)26-18-17-15(21)3-2-4-16(17)28(27-18)9-12-5-7-13(8-6-12)20(22,23)24/h2-8,10,14,25H,9H2,1H3,(H,26,27,30). The third-order valence-corrected chi connectivity index (χ3v) is 4.78. The molecule has 3 rings (SSSR count). The van der Waals surface area contributed by atoms with Gasteiger partial charge in [0, 0.05) is 5.71 Å². The van der Waals surface area contributed by atoms with Crippen molar-refractivity contribution in [2.45, 2.75) is 19.6 Å². The van der Waals surface area contributed by atoms with Crippen molar-refractivity contribution in [1.29, 1.82) is 5.41 Å². The summed E-state index contributed by atoms with van der Waals surface area (Å²) in [5.74, 6) is -1.89. The minimum atomic E-state index is -4.43. The number of halogens is 4. The van der Waals surface area contributed by atoms with Crippen LogP contribution in [-0.4, -0.2) is 27.7 Å². The highest BCUT2D eigenvalue weighted by Gasteiger charge is 2.30. The summed E-state index contributed by atoms with van der Waals surface area (Å²) in [6.07, 6.45) is -4.06. The summed E-state index contributed by atoms with van der Waals surface area (Å²) in [7, 11) is 0. The minimum Gasteiger partial charge on any atom is -0.309 e. The van der Waals surface area contributed by atoms with E-state index in [1.807, 2.05) is 0 Å². The second kappa shape index (κ2) is 8.27. The molecule has 0 spiro atoms. The maximum absolute atomic E-state index is 12.8. The molecule has 1 aromatic heterocycles. The van der Waals surface area contributed by atoms with Crippen LogP contribution in [0.4, 0.5) is 19.0 Å². The highest BCUT2D eigenvalue weighted by molar-refractivity contribution is 6.36. The van der Waals surface area contributed by atoms with Gasteiger partial charge in [-0.05, 0) is 36.8 Å². The van der Waals surface area contributed by atoms with Gasteiger partial charge in [0.1, 0.15) is 12.2 Å². The van der Waals surface area contributed by atoms with E-state index in [1.54, 1.807) is 18.2 Å². The monoisotopic (exact) mass is 436 g/mol. The zero-order valence-corrected chi connectivity index (χ0v) is 16.4. The van der Waals surface area contributed by atoms with Crippen molar-refractivity contribution < 1.29 is 22.8 Å². The lowest BCUT2D eigenvalue weighted by Crippen LogP contribution is -2.29. The Morgan fingerprint density at radius 2 is 1.93 bits per heavy atom. The molecule has 0 aliphatic heterocycles. The van der Waals surface area contributed by atoms with Gasteiger partial charge in [-0.15, -0.1) is 0 Å². The van der Waals surface area contributed by atoms with E-state index in [1.165, 1.54) is 23.7 Å². The number of carbonyl (C=O) groups is 2. The number of anilines is 1. The van der Waals surface area contributed by atoms with Crippen LogP contribution >= 0.6 is 11.6 Å². The number of nitrogens with one attached hydrogen (secondary N) is 2. The molecule has 1 unspecified atom stereocenters. The second-order valence-electron chi connectivity index (χ2n) is 6.62. The number of fused-ring (bicyclic) bond motifs is 1. The number of aromatic nitrogens is 2. The Morgan fingerprint density at radius 3 is 2.50 bits per heavy atom. The molecule has 3 aromatic rings. The second-order valence-corrected chi connectivity index (χ2v) is 7.03. The van der Waals surface area contributed by atoms with E-state index in [-0.39, 0.29) is 18.1 Å². The van der Waals surface area contributed by atoms with Gasteiger partial charge in [-0.25, -0.2) is 0 Å². The summed E-state index contributed by atoms with van der Waals surface area (Å²) in [6, 6.07) is 9.64. The van der Waals surface area contributed by atoms with E-state index in [4.69, 9.17) is 17.0 Å². The maximum atomic E-state index is 12.8. The summed E-state index contributed by atoms with van der Waals surface area (Å²) in [5.41, 5.74) is 0.231. The molecule has 0 saturated heterocycles. The molecule has 1 atom stereocenters. The number of aldehydes is 1. The third kappa shape index (κ3) is 4.35. The number of nitrogens with zero attached hydrogens (tertiary/aromatic N) is 2. The summed E-state index contributed by atoms with van der Waals surface area (Å²) in [4.78, 5) is 23.5. The molecule has 2 N–H and O–H groups in total. The van der Waals surface area contributed by atoms with Crippen molar-refractivity contribution in [3.63, 3.8) is 0 Å². The molecule has 2 aromatic carbocycles. The predicted molar refractivity (Wildman–Crippen MR) is 107 cm³/mol. The van der Waals surface area contributed by atoms with Crippen LogP contribution in [0.1, 0.15) is 18.1 Å². The molecule has 0 radical (unpaired) electrons. The van der Waals surface area contributed by atoms with Crippen molar-refractivity contribution in [1.82, 2.24) is 9.78 Å². The largest absolute Gasteiger partial charge is 0.416 e. The number of carbonyl (C=O) groups excluding carboxylic acids is 2. The molecule has 0 fully saturated rings. The Kier molecular flexibility index (Phi) is 5.93. The van der Waals surface area contributed by atoms with Crippen LogP contribution in [0.5, 0.6) is 0 Å². The summed E-state index contributed by atoms with van der Waals surface area (Å²) < 4.78 is 39.8. The molecular formula is C20H16ClF3N4O2. The maximum Gasteiger partial charge on any atom is 0.416 e. The fraction of sp³-hybridized carbons (Fsp3) is 0.200. The predicted octanol–water partition coefficient (Wildman–Crippen LogP) is 4.55. The normalized spacial score (nSPS) is 12.6. The van der Waals surface area contributed by atoms with Crippen molar-refractivity contribution in [3.05, 3.63) is 58.6 Å². The van der Waals surface area contributed by atoms with Crippen LogP contribution in [0.3, 0.4) is 0 Å². The van der Waals surface area contributed by atoms with Crippen LogP contribution < -0.4 is 5.32 Å². The van der Waals surface area contributed by atoms with Crippen LogP contribution in [-0.2, 0) is 22.3 Å². The van der Waals surface area contributed by atoms with Gasteiger partial charge in [-0.3, -0.25) is 9.48 Å². The topological polar surface area (TPSA) is 87.8 Å². The Hall–Kier alpha value is -3.20. The lowest BCUT2D eigenvalue weighted by atomic mass is 10.1. The van der Waals surface area contributed by atoms with Crippen LogP contribution in [0, 0.1) is 11.3 Å². The van der Waals surface area contributed by atoms with Crippen molar-refractivity contribution >= 4 is 46.2 Å². The first kappa shape index (κ1) is 21.5. The van der Waals surface area contributed by atoms with E-state index in [0.29, 0.717) is 27.8 Å². The van der Waals surface area contributed by atoms with Gasteiger partial charge < -0.3 is 15.5 Å². The highest BCUT2D eigenvalue weighted by atomic mass is 35.5. The minimum absolute atomic E-state index is 0.0978. The zero-order valence-electron chi connectivity index (χ0n) is 15.6. The Bertz CT molecular complexity index is 1120. The number of amides is 1. The van der Waals surface area contributed by atoms with Crippen molar-refractivity contribution in [3.8, 4) is 0 Å². The molecule has 0 aliphatic rings. The van der Waals surface area contributed by atoms with E-state index in [2.05, 4.69) is 10.4 Å². The Morgan fingerprint density at radius 1 is 1.27 bits per heavy atom. The smallest absolute Gasteiger partial charge is 0.309 e. The van der Waals surface area contributed by atoms with E-state index < -0.39 is 23.6 Å². The average Bonchev–Trinajstić information content (AvgIpc) is 3.00. The molecular weight excluding hydrogens is 421 g/mol. The zero-order chi connectivity index (χ0) is 22.1. The van der Waals surface area contributed by atoms with Gasteiger partial charge >= 0.3 is 6.18 Å². The quantitative estimate of drug-likeness (QED) is 0.337. The van der Waals surface area contributed by atoms with Gasteiger partial charge in [0.25, 0.3) is 0 Å².